The number of ether oxygens (including phenoxy) is 1. The second-order valence-corrected chi connectivity index (χ2v) is 9.36. The van der Waals surface area contributed by atoms with Crippen molar-refractivity contribution in [2.45, 2.75) is 25.8 Å². The lowest BCUT2D eigenvalue weighted by molar-refractivity contribution is -0.116. The van der Waals surface area contributed by atoms with Crippen LogP contribution in [0.2, 0.25) is 0 Å². The molecule has 0 unspecified atom stereocenters. The van der Waals surface area contributed by atoms with Gasteiger partial charge in [0.15, 0.2) is 0 Å². The molecule has 7 nitrogen and oxygen atoms in total. The smallest absolute Gasteiger partial charge is 0.235 e. The van der Waals surface area contributed by atoms with Gasteiger partial charge in [0, 0.05) is 36.8 Å². The summed E-state index contributed by atoms with van der Waals surface area (Å²) in [4.78, 5) is 12.5. The molecule has 0 radical (unpaired) electrons. The Balaban J connectivity index is 1.43. The predicted octanol–water partition coefficient (Wildman–Crippen LogP) is 3.61. The van der Waals surface area contributed by atoms with E-state index >= 15 is 0 Å². The van der Waals surface area contributed by atoms with Gasteiger partial charge >= 0.3 is 0 Å². The summed E-state index contributed by atoms with van der Waals surface area (Å²) in [6, 6.07) is 14.8. The summed E-state index contributed by atoms with van der Waals surface area (Å²) in [6.45, 7) is 1.01. The van der Waals surface area contributed by atoms with Gasteiger partial charge in [0.2, 0.25) is 15.9 Å². The molecule has 0 saturated carbocycles. The van der Waals surface area contributed by atoms with Crippen LogP contribution in [0.3, 0.4) is 0 Å². The van der Waals surface area contributed by atoms with Crippen LogP contribution in [0.1, 0.15) is 19.3 Å². The van der Waals surface area contributed by atoms with Crippen molar-refractivity contribution in [2.75, 3.05) is 29.0 Å². The second-order valence-electron chi connectivity index (χ2n) is 7.35. The van der Waals surface area contributed by atoms with Crippen molar-refractivity contribution >= 4 is 38.2 Å². The number of rotatable bonds is 6. The Morgan fingerprint density at radius 3 is 2.77 bits per heavy atom. The van der Waals surface area contributed by atoms with E-state index in [1.807, 2.05) is 35.0 Å². The molecule has 2 heterocycles. The molecule has 0 atom stereocenters. The Morgan fingerprint density at radius 1 is 1.13 bits per heavy atom. The molecule has 0 aliphatic carbocycles. The van der Waals surface area contributed by atoms with E-state index < -0.39 is 10.0 Å². The topological polar surface area (TPSA) is 80.6 Å². The summed E-state index contributed by atoms with van der Waals surface area (Å²) in [5.74, 6) is 0.845. The van der Waals surface area contributed by atoms with E-state index in [4.69, 9.17) is 4.74 Å². The number of fused-ring (bicyclic) bond motifs is 1. The Morgan fingerprint density at radius 2 is 1.97 bits per heavy atom. The standard InChI is InChI=1S/C22H25N3O4S/c1-29-21-9-5-8-20-19(21)10-13-24(20)14-11-22(26)23-17-6-4-7-18(16-17)25-12-2-3-15-30(25,27)28/h4-10,13,16H,2-3,11-12,14-15H2,1H3,(H,23,26). The van der Waals surface area contributed by atoms with Gasteiger partial charge in [-0.3, -0.25) is 9.10 Å². The zero-order chi connectivity index (χ0) is 21.1. The van der Waals surface area contributed by atoms with Crippen LogP contribution in [-0.4, -0.2) is 38.3 Å². The van der Waals surface area contributed by atoms with Crippen molar-refractivity contribution in [1.82, 2.24) is 4.57 Å². The normalized spacial score (nSPS) is 15.8. The summed E-state index contributed by atoms with van der Waals surface area (Å²) in [5.41, 5.74) is 2.20. The van der Waals surface area contributed by atoms with Crippen LogP contribution < -0.4 is 14.4 Å². The van der Waals surface area contributed by atoms with Crippen LogP contribution in [0.5, 0.6) is 5.75 Å². The maximum Gasteiger partial charge on any atom is 0.235 e. The molecule has 1 saturated heterocycles. The van der Waals surface area contributed by atoms with Crippen molar-refractivity contribution in [3.63, 3.8) is 0 Å². The maximum absolute atomic E-state index is 12.5. The fraction of sp³-hybridized carbons (Fsp3) is 0.318. The lowest BCUT2D eigenvalue weighted by atomic mass is 10.2. The molecular weight excluding hydrogens is 402 g/mol. The number of carbonyl (C=O) groups excluding carboxylic acids is 1. The summed E-state index contributed by atoms with van der Waals surface area (Å²) < 4.78 is 33.5. The summed E-state index contributed by atoms with van der Waals surface area (Å²) in [7, 11) is -1.64. The molecular formula is C22H25N3O4S. The third kappa shape index (κ3) is 4.14. The number of nitrogens with one attached hydrogen (secondary N) is 1. The highest BCUT2D eigenvalue weighted by molar-refractivity contribution is 7.92. The predicted molar refractivity (Wildman–Crippen MR) is 119 cm³/mol. The average molecular weight is 428 g/mol. The summed E-state index contributed by atoms with van der Waals surface area (Å²) >= 11 is 0. The lowest BCUT2D eigenvalue weighted by Crippen LogP contribution is -2.37. The molecule has 158 valence electrons. The number of amides is 1. The Bertz CT molecular complexity index is 1170. The Hall–Kier alpha value is -3.00. The van der Waals surface area contributed by atoms with Gasteiger partial charge in [0.05, 0.1) is 24.1 Å². The molecule has 0 spiro atoms. The molecule has 1 aliphatic rings. The molecule has 30 heavy (non-hydrogen) atoms. The highest BCUT2D eigenvalue weighted by Crippen LogP contribution is 2.27. The van der Waals surface area contributed by atoms with Gasteiger partial charge in [-0.1, -0.05) is 12.1 Å². The van der Waals surface area contributed by atoms with Gasteiger partial charge in [0.1, 0.15) is 5.75 Å². The number of nitrogens with zero attached hydrogens (tertiary/aromatic N) is 2. The minimum atomic E-state index is -3.28. The van der Waals surface area contributed by atoms with E-state index in [2.05, 4.69) is 5.32 Å². The molecule has 8 heteroatoms. The van der Waals surface area contributed by atoms with Crippen molar-refractivity contribution in [2.24, 2.45) is 0 Å². The first-order valence-electron chi connectivity index (χ1n) is 10.00. The van der Waals surface area contributed by atoms with E-state index in [1.165, 1.54) is 4.31 Å². The first-order chi connectivity index (χ1) is 14.5. The van der Waals surface area contributed by atoms with Crippen LogP contribution in [0.15, 0.2) is 54.7 Å². The van der Waals surface area contributed by atoms with Crippen LogP contribution in [0, 0.1) is 0 Å². The van der Waals surface area contributed by atoms with Gasteiger partial charge in [-0.25, -0.2) is 8.42 Å². The van der Waals surface area contributed by atoms with E-state index in [0.29, 0.717) is 37.3 Å². The second kappa shape index (κ2) is 8.39. The van der Waals surface area contributed by atoms with Gasteiger partial charge in [0.25, 0.3) is 0 Å². The van der Waals surface area contributed by atoms with Gasteiger partial charge in [-0.15, -0.1) is 0 Å². The number of sulfonamides is 1. The van der Waals surface area contributed by atoms with Crippen LogP contribution in [0.25, 0.3) is 10.9 Å². The molecule has 3 aromatic rings. The van der Waals surface area contributed by atoms with Crippen molar-refractivity contribution < 1.29 is 17.9 Å². The van der Waals surface area contributed by atoms with Gasteiger partial charge < -0.3 is 14.6 Å². The Labute approximate surface area is 176 Å². The quantitative estimate of drug-likeness (QED) is 0.652. The number of anilines is 2. The number of hydrogen-bond acceptors (Lipinski definition) is 4. The Kier molecular flexibility index (Phi) is 5.67. The number of hydrogen-bond donors (Lipinski definition) is 1. The zero-order valence-electron chi connectivity index (χ0n) is 16.9. The van der Waals surface area contributed by atoms with E-state index in [0.717, 1.165) is 23.1 Å². The SMILES string of the molecule is COc1cccc2c1ccn2CCC(=O)Nc1cccc(N2CCCCS2(=O)=O)c1. The number of aromatic nitrogens is 1. The van der Waals surface area contributed by atoms with Crippen LogP contribution in [-0.2, 0) is 21.4 Å². The molecule has 1 amide bonds. The van der Waals surface area contributed by atoms with Crippen molar-refractivity contribution in [3.05, 3.63) is 54.7 Å². The molecule has 2 aromatic carbocycles. The fourth-order valence-corrected chi connectivity index (χ4v) is 5.46. The third-order valence-corrected chi connectivity index (χ3v) is 7.21. The molecule has 1 N–H and O–H groups in total. The van der Waals surface area contributed by atoms with E-state index in [9.17, 15) is 13.2 Å². The number of carbonyl (C=O) groups is 1. The fourth-order valence-electron chi connectivity index (χ4n) is 3.83. The van der Waals surface area contributed by atoms with Crippen molar-refractivity contribution in [3.8, 4) is 5.75 Å². The largest absolute Gasteiger partial charge is 0.496 e. The van der Waals surface area contributed by atoms with Crippen LogP contribution >= 0.6 is 0 Å². The van der Waals surface area contributed by atoms with Gasteiger partial charge in [-0.05, 0) is 49.2 Å². The van der Waals surface area contributed by atoms with E-state index in [1.54, 1.807) is 31.4 Å². The molecule has 1 fully saturated rings. The molecule has 0 bridgehead atoms. The van der Waals surface area contributed by atoms with E-state index in [-0.39, 0.29) is 11.7 Å². The average Bonchev–Trinajstić information content (AvgIpc) is 3.15. The minimum absolute atomic E-state index is 0.126. The molecule has 1 aromatic heterocycles. The molecule has 1 aliphatic heterocycles. The monoisotopic (exact) mass is 427 g/mol. The highest BCUT2D eigenvalue weighted by atomic mass is 32.2. The molecule has 4 rings (SSSR count). The van der Waals surface area contributed by atoms with Gasteiger partial charge in [-0.2, -0.15) is 0 Å². The first-order valence-corrected chi connectivity index (χ1v) is 11.6. The minimum Gasteiger partial charge on any atom is -0.496 e. The number of benzene rings is 2. The maximum atomic E-state index is 12.5. The number of methoxy groups -OCH3 is 1. The summed E-state index contributed by atoms with van der Waals surface area (Å²) in [5, 5.41) is 3.89. The first kappa shape index (κ1) is 20.3. The third-order valence-electron chi connectivity index (χ3n) is 5.34. The number of aryl methyl sites for hydroxylation is 1. The lowest BCUT2D eigenvalue weighted by Gasteiger charge is -2.28. The van der Waals surface area contributed by atoms with Crippen molar-refractivity contribution in [1.29, 1.82) is 0 Å². The highest BCUT2D eigenvalue weighted by Gasteiger charge is 2.26. The van der Waals surface area contributed by atoms with Crippen LogP contribution in [0.4, 0.5) is 11.4 Å². The summed E-state index contributed by atoms with van der Waals surface area (Å²) in [6.07, 6.45) is 3.77. The zero-order valence-corrected chi connectivity index (χ0v) is 17.7.